The van der Waals surface area contributed by atoms with Crippen molar-refractivity contribution >= 4 is 21.9 Å². The summed E-state index contributed by atoms with van der Waals surface area (Å²) in [5, 5.41) is 0. The monoisotopic (exact) mass is 334 g/mol. The van der Waals surface area contributed by atoms with Crippen molar-refractivity contribution in [3.05, 3.63) is 58.1 Å². The summed E-state index contributed by atoms with van der Waals surface area (Å²) in [7, 11) is 0. The highest BCUT2D eigenvalue weighted by molar-refractivity contribution is 9.10. The predicted octanol–water partition coefficient (Wildman–Crippen LogP) is 4.76. The maximum Gasteiger partial charge on any atom is 0.338 e. The van der Waals surface area contributed by atoms with Crippen LogP contribution in [-0.4, -0.2) is 12.6 Å². The number of hydrogen-bond acceptors (Lipinski definition) is 2. The Kier molecular flexibility index (Phi) is 4.48. The SMILES string of the molecule is CC1=CC=CC(C)(C)[C@@H]1COC(=O)c1ccc(Br)cc1. The largest absolute Gasteiger partial charge is 0.461 e. The smallest absolute Gasteiger partial charge is 0.338 e. The van der Waals surface area contributed by atoms with E-state index < -0.39 is 0 Å². The highest BCUT2D eigenvalue weighted by Gasteiger charge is 2.31. The Morgan fingerprint density at radius 2 is 1.95 bits per heavy atom. The van der Waals surface area contributed by atoms with E-state index in [1.165, 1.54) is 5.57 Å². The zero-order valence-corrected chi connectivity index (χ0v) is 13.6. The highest BCUT2D eigenvalue weighted by Crippen LogP contribution is 2.37. The summed E-state index contributed by atoms with van der Waals surface area (Å²) >= 11 is 3.35. The highest BCUT2D eigenvalue weighted by atomic mass is 79.9. The van der Waals surface area contributed by atoms with Gasteiger partial charge in [-0.3, -0.25) is 0 Å². The van der Waals surface area contributed by atoms with Crippen molar-refractivity contribution < 1.29 is 9.53 Å². The van der Waals surface area contributed by atoms with Gasteiger partial charge in [0, 0.05) is 10.4 Å². The molecule has 0 saturated heterocycles. The molecule has 0 heterocycles. The zero-order chi connectivity index (χ0) is 14.8. The molecule has 0 bridgehead atoms. The van der Waals surface area contributed by atoms with E-state index in [0.717, 1.165) is 4.47 Å². The second-order valence-electron chi connectivity index (χ2n) is 5.75. The number of rotatable bonds is 3. The topological polar surface area (TPSA) is 26.3 Å². The molecule has 0 fully saturated rings. The van der Waals surface area contributed by atoms with Crippen LogP contribution in [0.25, 0.3) is 0 Å². The molecule has 0 N–H and O–H groups in total. The first kappa shape index (κ1) is 15.0. The van der Waals surface area contributed by atoms with Crippen molar-refractivity contribution in [2.45, 2.75) is 20.8 Å². The summed E-state index contributed by atoms with van der Waals surface area (Å²) in [4.78, 5) is 12.0. The van der Waals surface area contributed by atoms with Gasteiger partial charge >= 0.3 is 5.97 Å². The van der Waals surface area contributed by atoms with E-state index in [0.29, 0.717) is 12.2 Å². The maximum atomic E-state index is 12.0. The third kappa shape index (κ3) is 3.40. The van der Waals surface area contributed by atoms with Crippen LogP contribution in [-0.2, 0) is 4.74 Å². The average Bonchev–Trinajstić information content (AvgIpc) is 2.38. The molecular weight excluding hydrogens is 316 g/mol. The second kappa shape index (κ2) is 5.96. The third-order valence-corrected chi connectivity index (χ3v) is 4.32. The second-order valence-corrected chi connectivity index (χ2v) is 6.66. The van der Waals surface area contributed by atoms with Gasteiger partial charge in [-0.05, 0) is 36.6 Å². The Bertz CT molecular complexity index is 553. The molecule has 1 aromatic carbocycles. The van der Waals surface area contributed by atoms with Gasteiger partial charge in [-0.2, -0.15) is 0 Å². The van der Waals surface area contributed by atoms with Crippen molar-refractivity contribution in [1.82, 2.24) is 0 Å². The molecule has 1 aromatic rings. The van der Waals surface area contributed by atoms with Crippen LogP contribution in [0.1, 0.15) is 31.1 Å². The molecule has 1 atom stereocenters. The number of hydrogen-bond donors (Lipinski definition) is 0. The van der Waals surface area contributed by atoms with Crippen LogP contribution >= 0.6 is 15.9 Å². The lowest BCUT2D eigenvalue weighted by atomic mass is 9.73. The van der Waals surface area contributed by atoms with Crippen LogP contribution in [0.15, 0.2) is 52.5 Å². The Balaban J connectivity index is 2.01. The first-order valence-corrected chi connectivity index (χ1v) is 7.48. The molecule has 1 aliphatic rings. The third-order valence-electron chi connectivity index (χ3n) is 3.79. The van der Waals surface area contributed by atoms with E-state index in [2.05, 4.69) is 54.9 Å². The fraction of sp³-hybridized carbons (Fsp3) is 0.353. The number of carbonyl (C=O) groups is 1. The lowest BCUT2D eigenvalue weighted by Crippen LogP contribution is -2.30. The molecule has 0 unspecified atom stereocenters. The van der Waals surface area contributed by atoms with Gasteiger partial charge in [0.1, 0.15) is 0 Å². The van der Waals surface area contributed by atoms with Crippen molar-refractivity contribution in [3.63, 3.8) is 0 Å². The Hall–Kier alpha value is -1.35. The minimum atomic E-state index is -0.268. The first-order valence-electron chi connectivity index (χ1n) is 6.69. The Morgan fingerprint density at radius 1 is 1.30 bits per heavy atom. The average molecular weight is 335 g/mol. The molecule has 2 rings (SSSR count). The van der Waals surface area contributed by atoms with Crippen molar-refractivity contribution in [2.24, 2.45) is 11.3 Å². The molecule has 0 aliphatic heterocycles. The fourth-order valence-corrected chi connectivity index (χ4v) is 2.71. The molecule has 3 heteroatoms. The van der Waals surface area contributed by atoms with E-state index in [1.54, 1.807) is 12.1 Å². The molecule has 0 saturated carbocycles. The summed E-state index contributed by atoms with van der Waals surface area (Å²) in [5.41, 5.74) is 1.85. The predicted molar refractivity (Wildman–Crippen MR) is 84.6 cm³/mol. The van der Waals surface area contributed by atoms with E-state index in [9.17, 15) is 4.79 Å². The summed E-state index contributed by atoms with van der Waals surface area (Å²) in [5.74, 6) is -0.0393. The minimum absolute atomic E-state index is 0.0127. The van der Waals surface area contributed by atoms with Crippen LogP contribution < -0.4 is 0 Å². The number of benzene rings is 1. The van der Waals surface area contributed by atoms with Crippen LogP contribution in [0.3, 0.4) is 0 Å². The summed E-state index contributed by atoms with van der Waals surface area (Å²) in [6.45, 7) is 6.83. The van der Waals surface area contributed by atoms with Gasteiger partial charge in [0.25, 0.3) is 0 Å². The number of esters is 1. The van der Waals surface area contributed by atoms with Crippen LogP contribution in [0.4, 0.5) is 0 Å². The molecule has 0 amide bonds. The number of halogens is 1. The molecule has 106 valence electrons. The molecule has 1 aliphatic carbocycles. The van der Waals surface area contributed by atoms with Crippen LogP contribution in [0.5, 0.6) is 0 Å². The molecular formula is C17H19BrO2. The number of carbonyl (C=O) groups excluding carboxylic acids is 1. The lowest BCUT2D eigenvalue weighted by molar-refractivity contribution is 0.0398. The van der Waals surface area contributed by atoms with Crippen LogP contribution in [0.2, 0.25) is 0 Å². The number of ether oxygens (including phenoxy) is 1. The van der Waals surface area contributed by atoms with E-state index in [1.807, 2.05) is 12.1 Å². The summed E-state index contributed by atoms with van der Waals surface area (Å²) < 4.78 is 6.43. The lowest BCUT2D eigenvalue weighted by Gasteiger charge is -2.34. The maximum absolute atomic E-state index is 12.0. The van der Waals surface area contributed by atoms with Gasteiger partial charge in [-0.25, -0.2) is 4.79 Å². The first-order chi connectivity index (χ1) is 9.40. The normalized spacial score (nSPS) is 20.4. The number of allylic oxidation sites excluding steroid dienone is 3. The standard InChI is InChI=1S/C17H19BrO2/c1-12-5-4-10-17(2,3)15(12)11-20-16(19)13-6-8-14(18)9-7-13/h4-10,15H,11H2,1-3H3/t15-/m1/s1. The molecule has 20 heavy (non-hydrogen) atoms. The molecule has 0 spiro atoms. The summed E-state index contributed by atoms with van der Waals surface area (Å²) in [6.07, 6.45) is 6.32. The minimum Gasteiger partial charge on any atom is -0.461 e. The van der Waals surface area contributed by atoms with Gasteiger partial charge < -0.3 is 4.74 Å². The van der Waals surface area contributed by atoms with Crippen molar-refractivity contribution in [2.75, 3.05) is 6.61 Å². The van der Waals surface area contributed by atoms with Gasteiger partial charge in [-0.1, -0.05) is 53.6 Å². The van der Waals surface area contributed by atoms with Gasteiger partial charge in [0.15, 0.2) is 0 Å². The van der Waals surface area contributed by atoms with Gasteiger partial charge in [0.2, 0.25) is 0 Å². The van der Waals surface area contributed by atoms with E-state index in [4.69, 9.17) is 4.74 Å². The molecule has 0 aromatic heterocycles. The van der Waals surface area contributed by atoms with Gasteiger partial charge in [0.05, 0.1) is 12.2 Å². The quantitative estimate of drug-likeness (QED) is 0.744. The Morgan fingerprint density at radius 3 is 2.55 bits per heavy atom. The van der Waals surface area contributed by atoms with Crippen molar-refractivity contribution in [3.8, 4) is 0 Å². The fourth-order valence-electron chi connectivity index (χ4n) is 2.44. The Labute approximate surface area is 128 Å². The molecule has 2 nitrogen and oxygen atoms in total. The summed E-state index contributed by atoms with van der Waals surface area (Å²) in [6, 6.07) is 7.21. The van der Waals surface area contributed by atoms with E-state index >= 15 is 0 Å². The zero-order valence-electron chi connectivity index (χ0n) is 12.0. The van der Waals surface area contributed by atoms with Crippen molar-refractivity contribution in [1.29, 1.82) is 0 Å². The molecule has 0 radical (unpaired) electrons. The van der Waals surface area contributed by atoms with Gasteiger partial charge in [-0.15, -0.1) is 0 Å². The van der Waals surface area contributed by atoms with Crippen LogP contribution in [0, 0.1) is 11.3 Å². The van der Waals surface area contributed by atoms with E-state index in [-0.39, 0.29) is 17.3 Å².